The van der Waals surface area contributed by atoms with E-state index in [0.29, 0.717) is 17.4 Å². The summed E-state index contributed by atoms with van der Waals surface area (Å²) in [7, 11) is -4.26. The zero-order chi connectivity index (χ0) is 10.2. The van der Waals surface area contributed by atoms with Crippen LogP contribution in [0, 0.1) is 13.8 Å². The lowest BCUT2D eigenvalue weighted by Crippen LogP contribution is -2.00. The Morgan fingerprint density at radius 3 is 2.08 bits per heavy atom. The molecule has 0 radical (unpaired) electrons. The lowest BCUT2D eigenvalue weighted by Gasteiger charge is -1.93. The molecule has 0 amide bonds. The summed E-state index contributed by atoms with van der Waals surface area (Å²) in [6.45, 7) is 3.12. The van der Waals surface area contributed by atoms with E-state index in [1.807, 2.05) is 0 Å². The summed E-state index contributed by atoms with van der Waals surface area (Å²) in [4.78, 5) is 12.7. The van der Waals surface area contributed by atoms with Gasteiger partial charge in [-0.25, -0.2) is 0 Å². The third kappa shape index (κ3) is 1.63. The van der Waals surface area contributed by atoms with Crippen LogP contribution in [0.15, 0.2) is 5.03 Å². The van der Waals surface area contributed by atoms with E-state index in [1.54, 1.807) is 6.92 Å². The molecule has 0 atom stereocenters. The number of carbonyl (C=O) groups excluding carboxylic acids is 1. The van der Waals surface area contributed by atoms with Gasteiger partial charge in [-0.3, -0.25) is 9.35 Å². The Morgan fingerprint density at radius 2 is 1.85 bits per heavy atom. The Hall–Kier alpha value is -1.14. The molecule has 0 saturated carbocycles. The number of nitrogens with one attached hydrogen (secondary N) is 1. The molecule has 0 unspecified atom stereocenters. The van der Waals surface area contributed by atoms with Crippen LogP contribution in [0.25, 0.3) is 0 Å². The molecule has 1 rings (SSSR count). The molecule has 0 aliphatic heterocycles. The van der Waals surface area contributed by atoms with Crippen LogP contribution in [0.3, 0.4) is 0 Å². The molecule has 0 fully saturated rings. The van der Waals surface area contributed by atoms with Gasteiger partial charge in [0, 0.05) is 0 Å². The van der Waals surface area contributed by atoms with E-state index in [2.05, 4.69) is 4.98 Å². The van der Waals surface area contributed by atoms with Gasteiger partial charge in [0.2, 0.25) is 0 Å². The number of aromatic amines is 1. The number of aromatic nitrogens is 1. The van der Waals surface area contributed by atoms with Gasteiger partial charge in [-0.1, -0.05) is 0 Å². The van der Waals surface area contributed by atoms with Crippen molar-refractivity contribution in [2.75, 3.05) is 0 Å². The summed E-state index contributed by atoms with van der Waals surface area (Å²) in [6.07, 6.45) is 0.511. The van der Waals surface area contributed by atoms with E-state index in [0.717, 1.165) is 0 Å². The van der Waals surface area contributed by atoms with E-state index in [-0.39, 0.29) is 10.7 Å². The Balaban J connectivity index is 3.51. The van der Waals surface area contributed by atoms with Gasteiger partial charge in [-0.2, -0.15) is 8.42 Å². The Morgan fingerprint density at radius 1 is 1.31 bits per heavy atom. The van der Waals surface area contributed by atoms with E-state index < -0.39 is 10.1 Å². The third-order valence-corrected chi connectivity index (χ3v) is 2.86. The topological polar surface area (TPSA) is 87.2 Å². The maximum atomic E-state index is 10.7. The summed E-state index contributed by atoms with van der Waals surface area (Å²) in [5.74, 6) is 0. The number of aldehydes is 1. The van der Waals surface area contributed by atoms with Gasteiger partial charge < -0.3 is 4.98 Å². The second kappa shape index (κ2) is 2.97. The van der Waals surface area contributed by atoms with E-state index in [4.69, 9.17) is 4.55 Å². The van der Waals surface area contributed by atoms with Crippen LogP contribution in [0.1, 0.15) is 21.6 Å². The SMILES string of the molecule is Cc1c(C=O)[nH]c(S(=O)(=O)O)c1C. The lowest BCUT2D eigenvalue weighted by atomic mass is 10.2. The zero-order valence-corrected chi connectivity index (χ0v) is 7.97. The molecule has 6 heteroatoms. The van der Waals surface area contributed by atoms with Crippen molar-refractivity contribution >= 4 is 16.4 Å². The molecule has 0 aliphatic carbocycles. The van der Waals surface area contributed by atoms with Crippen molar-refractivity contribution in [1.29, 1.82) is 0 Å². The van der Waals surface area contributed by atoms with Crippen molar-refractivity contribution in [3.05, 3.63) is 16.8 Å². The van der Waals surface area contributed by atoms with Crippen molar-refractivity contribution in [3.63, 3.8) is 0 Å². The molecule has 0 spiro atoms. The van der Waals surface area contributed by atoms with Crippen LogP contribution < -0.4 is 0 Å². The molecule has 13 heavy (non-hydrogen) atoms. The maximum absolute atomic E-state index is 10.7. The van der Waals surface area contributed by atoms with Crippen LogP contribution in [-0.4, -0.2) is 24.2 Å². The molecule has 2 N–H and O–H groups in total. The normalized spacial score (nSPS) is 11.6. The minimum absolute atomic E-state index is 0.171. The predicted molar refractivity (Wildman–Crippen MR) is 45.5 cm³/mol. The summed E-state index contributed by atoms with van der Waals surface area (Å²) in [6, 6.07) is 0. The Labute approximate surface area is 75.5 Å². The minimum Gasteiger partial charge on any atom is -0.341 e. The van der Waals surface area contributed by atoms with Crippen molar-refractivity contribution in [3.8, 4) is 0 Å². The van der Waals surface area contributed by atoms with Gasteiger partial charge in [-0.05, 0) is 25.0 Å². The standard InChI is InChI=1S/C7H9NO4S/c1-4-5(2)7(13(10,11)12)8-6(4)3-9/h3,8H,1-2H3,(H,10,11,12). The van der Waals surface area contributed by atoms with Crippen LogP contribution in [0.4, 0.5) is 0 Å². The van der Waals surface area contributed by atoms with E-state index >= 15 is 0 Å². The highest BCUT2D eigenvalue weighted by atomic mass is 32.2. The first-order valence-corrected chi connectivity index (χ1v) is 4.93. The van der Waals surface area contributed by atoms with Crippen LogP contribution in [0.2, 0.25) is 0 Å². The van der Waals surface area contributed by atoms with Gasteiger partial charge >= 0.3 is 10.1 Å². The first kappa shape index (κ1) is 9.94. The molecule has 0 saturated heterocycles. The largest absolute Gasteiger partial charge is 0.341 e. The Kier molecular flexibility index (Phi) is 2.27. The monoisotopic (exact) mass is 203 g/mol. The predicted octanol–water partition coefficient (Wildman–Crippen LogP) is 0.691. The quantitative estimate of drug-likeness (QED) is 0.546. The smallest absolute Gasteiger partial charge is 0.310 e. The second-order valence-electron chi connectivity index (χ2n) is 2.71. The van der Waals surface area contributed by atoms with Gasteiger partial charge in [0.05, 0.1) is 5.69 Å². The molecule has 0 aromatic carbocycles. The number of H-pyrrole nitrogens is 1. The van der Waals surface area contributed by atoms with E-state index in [1.165, 1.54) is 6.92 Å². The van der Waals surface area contributed by atoms with Crippen LogP contribution in [0.5, 0.6) is 0 Å². The zero-order valence-electron chi connectivity index (χ0n) is 7.16. The minimum atomic E-state index is -4.26. The average Bonchev–Trinajstić information content (AvgIpc) is 2.28. The maximum Gasteiger partial charge on any atom is 0.310 e. The molecular formula is C7H9NO4S. The van der Waals surface area contributed by atoms with Crippen LogP contribution >= 0.6 is 0 Å². The van der Waals surface area contributed by atoms with Gasteiger partial charge in [0.25, 0.3) is 0 Å². The second-order valence-corrected chi connectivity index (χ2v) is 4.07. The molecule has 5 nitrogen and oxygen atoms in total. The van der Waals surface area contributed by atoms with Crippen molar-refractivity contribution in [1.82, 2.24) is 4.98 Å². The molecule has 1 aromatic rings. The number of hydrogen-bond acceptors (Lipinski definition) is 3. The van der Waals surface area contributed by atoms with Gasteiger partial charge in [0.1, 0.15) is 0 Å². The summed E-state index contributed by atoms with van der Waals surface area (Å²) in [5.41, 5.74) is 1.07. The van der Waals surface area contributed by atoms with Crippen molar-refractivity contribution in [2.45, 2.75) is 18.9 Å². The summed E-state index contributed by atoms with van der Waals surface area (Å²) >= 11 is 0. The van der Waals surface area contributed by atoms with Crippen molar-refractivity contribution < 1.29 is 17.8 Å². The molecule has 72 valence electrons. The fourth-order valence-electron chi connectivity index (χ4n) is 1.06. The highest BCUT2D eigenvalue weighted by molar-refractivity contribution is 7.85. The number of rotatable bonds is 2. The summed E-state index contributed by atoms with van der Waals surface area (Å²) < 4.78 is 30.2. The molecule has 0 bridgehead atoms. The third-order valence-electron chi connectivity index (χ3n) is 1.93. The fourth-order valence-corrected chi connectivity index (χ4v) is 1.84. The molecule has 1 heterocycles. The molecular weight excluding hydrogens is 194 g/mol. The molecule has 1 aromatic heterocycles. The average molecular weight is 203 g/mol. The number of hydrogen-bond donors (Lipinski definition) is 2. The number of carbonyl (C=O) groups is 1. The van der Waals surface area contributed by atoms with Gasteiger partial charge in [0.15, 0.2) is 11.3 Å². The first-order chi connectivity index (χ1) is 5.88. The van der Waals surface area contributed by atoms with Crippen molar-refractivity contribution in [2.24, 2.45) is 0 Å². The Bertz CT molecular complexity index is 443. The van der Waals surface area contributed by atoms with E-state index in [9.17, 15) is 13.2 Å². The first-order valence-electron chi connectivity index (χ1n) is 3.49. The fraction of sp³-hybridized carbons (Fsp3) is 0.286. The summed E-state index contributed by atoms with van der Waals surface area (Å²) in [5, 5.41) is -0.313. The lowest BCUT2D eigenvalue weighted by molar-refractivity contribution is 0.111. The highest BCUT2D eigenvalue weighted by Crippen LogP contribution is 2.19. The molecule has 0 aliphatic rings. The van der Waals surface area contributed by atoms with Crippen LogP contribution in [-0.2, 0) is 10.1 Å². The highest BCUT2D eigenvalue weighted by Gasteiger charge is 2.19. The van der Waals surface area contributed by atoms with Gasteiger partial charge in [-0.15, -0.1) is 0 Å².